The van der Waals surface area contributed by atoms with Crippen LogP contribution in [0.15, 0.2) is 42.6 Å². The Morgan fingerprint density at radius 2 is 1.81 bits per heavy atom. The Kier molecular flexibility index (Phi) is 8.19. The lowest BCUT2D eigenvalue weighted by Crippen LogP contribution is -2.45. The lowest BCUT2D eigenvalue weighted by Gasteiger charge is -2.32. The van der Waals surface area contributed by atoms with Crippen LogP contribution in [0.5, 0.6) is 11.6 Å². The number of benzene rings is 1. The molecule has 1 saturated heterocycles. The highest BCUT2D eigenvalue weighted by molar-refractivity contribution is 6.39. The maximum Gasteiger partial charge on any atom is 0.313 e. The highest BCUT2D eigenvalue weighted by Gasteiger charge is 2.15. The summed E-state index contributed by atoms with van der Waals surface area (Å²) in [4.78, 5) is 33.0. The minimum absolute atomic E-state index is 0.142. The number of amides is 2. The van der Waals surface area contributed by atoms with Gasteiger partial charge in [-0.1, -0.05) is 6.07 Å². The highest BCUT2D eigenvalue weighted by Crippen LogP contribution is 2.16. The van der Waals surface area contributed by atoms with Crippen molar-refractivity contribution in [3.05, 3.63) is 48.2 Å². The molecule has 2 heterocycles. The first-order chi connectivity index (χ1) is 15.0. The number of carbonyl (C=O) groups excluding carboxylic acids is 2. The number of anilines is 1. The van der Waals surface area contributed by atoms with Crippen LogP contribution in [0, 0.1) is 0 Å². The summed E-state index contributed by atoms with van der Waals surface area (Å²) in [6, 6.07) is 10.5. The van der Waals surface area contributed by atoms with Gasteiger partial charge in [0.25, 0.3) is 0 Å². The summed E-state index contributed by atoms with van der Waals surface area (Å²) in [7, 11) is 3.63. The largest absolute Gasteiger partial charge is 0.492 e. The van der Waals surface area contributed by atoms with Crippen LogP contribution in [0.1, 0.15) is 5.56 Å². The Labute approximate surface area is 182 Å². The summed E-state index contributed by atoms with van der Waals surface area (Å²) in [5, 5.41) is 5.14. The van der Waals surface area contributed by atoms with Crippen LogP contribution >= 0.6 is 0 Å². The predicted molar refractivity (Wildman–Crippen MR) is 117 cm³/mol. The molecule has 2 aromatic rings. The maximum atomic E-state index is 12.1. The smallest absolute Gasteiger partial charge is 0.313 e. The Morgan fingerprint density at radius 1 is 1.06 bits per heavy atom. The van der Waals surface area contributed by atoms with Crippen molar-refractivity contribution in [2.24, 2.45) is 0 Å². The van der Waals surface area contributed by atoms with Gasteiger partial charge in [-0.2, -0.15) is 0 Å². The van der Waals surface area contributed by atoms with E-state index in [0.29, 0.717) is 23.7 Å². The van der Waals surface area contributed by atoms with Crippen molar-refractivity contribution in [1.29, 1.82) is 0 Å². The lowest BCUT2D eigenvalue weighted by molar-refractivity contribution is -0.136. The fraction of sp³-hybridized carbons (Fsp3) is 0.409. The second-order valence-corrected chi connectivity index (χ2v) is 7.33. The minimum atomic E-state index is -0.744. The van der Waals surface area contributed by atoms with Gasteiger partial charge in [-0.05, 0) is 37.4 Å². The number of rotatable bonds is 8. The average molecular weight is 428 g/mol. The van der Waals surface area contributed by atoms with Crippen molar-refractivity contribution in [1.82, 2.24) is 20.1 Å². The normalized spacial score (nSPS) is 14.6. The molecule has 0 spiro atoms. The van der Waals surface area contributed by atoms with Crippen LogP contribution in [0.2, 0.25) is 0 Å². The number of hydrogen-bond donors (Lipinski definition) is 2. The van der Waals surface area contributed by atoms with Crippen LogP contribution in [-0.2, 0) is 16.1 Å². The van der Waals surface area contributed by atoms with Crippen molar-refractivity contribution >= 4 is 17.5 Å². The molecule has 0 aliphatic carbocycles. The van der Waals surface area contributed by atoms with E-state index >= 15 is 0 Å². The lowest BCUT2D eigenvalue weighted by atomic mass is 10.2. The van der Waals surface area contributed by atoms with Gasteiger partial charge < -0.3 is 25.0 Å². The van der Waals surface area contributed by atoms with Crippen molar-refractivity contribution in [2.45, 2.75) is 6.54 Å². The van der Waals surface area contributed by atoms with E-state index in [4.69, 9.17) is 9.47 Å². The van der Waals surface area contributed by atoms with E-state index < -0.39 is 11.8 Å². The molecule has 2 N–H and O–H groups in total. The van der Waals surface area contributed by atoms with Crippen LogP contribution in [0.25, 0.3) is 0 Å². The third-order valence-corrected chi connectivity index (χ3v) is 5.07. The summed E-state index contributed by atoms with van der Waals surface area (Å²) in [5.41, 5.74) is 1.20. The molecule has 0 saturated carbocycles. The molecule has 1 aromatic carbocycles. The number of nitrogens with zero attached hydrogens (tertiary/aromatic N) is 3. The molecular formula is C22H29N5O4. The molecule has 2 amide bonds. The fourth-order valence-electron chi connectivity index (χ4n) is 3.18. The Balaban J connectivity index is 1.40. The molecule has 1 aromatic heterocycles. The van der Waals surface area contributed by atoms with Gasteiger partial charge in [0.05, 0.1) is 7.11 Å². The second kappa shape index (κ2) is 11.3. The standard InChI is InChI=1S/C22H29N5O4/c1-26-10-12-27(13-11-26)14-15-31-19-7-5-18(6-8-19)25-21(29)20(28)24-16-17-4-3-9-23-22(17)30-2/h3-9H,10-16H2,1-2H3,(H,24,28)(H,25,29). The number of ether oxygens (including phenoxy) is 2. The molecular weight excluding hydrogens is 398 g/mol. The number of nitrogens with one attached hydrogen (secondary N) is 2. The maximum absolute atomic E-state index is 12.1. The van der Waals surface area contributed by atoms with Crippen molar-refractivity contribution in [3.8, 4) is 11.6 Å². The van der Waals surface area contributed by atoms with E-state index in [9.17, 15) is 9.59 Å². The van der Waals surface area contributed by atoms with Crippen molar-refractivity contribution in [3.63, 3.8) is 0 Å². The quantitative estimate of drug-likeness (QED) is 0.606. The summed E-state index contributed by atoms with van der Waals surface area (Å²) in [5.74, 6) is -0.350. The van der Waals surface area contributed by atoms with E-state index in [1.54, 1.807) is 42.6 Å². The van der Waals surface area contributed by atoms with Gasteiger partial charge in [0.1, 0.15) is 12.4 Å². The van der Waals surface area contributed by atoms with Crippen LogP contribution in [0.4, 0.5) is 5.69 Å². The predicted octanol–water partition coefficient (Wildman–Crippen LogP) is 0.971. The zero-order chi connectivity index (χ0) is 22.1. The summed E-state index contributed by atoms with van der Waals surface area (Å²) in [6.45, 7) is 5.91. The number of piperazine rings is 1. The van der Waals surface area contributed by atoms with Gasteiger partial charge in [-0.25, -0.2) is 4.98 Å². The first kappa shape index (κ1) is 22.5. The van der Waals surface area contributed by atoms with E-state index in [-0.39, 0.29) is 6.54 Å². The number of hydrogen-bond acceptors (Lipinski definition) is 7. The number of carbonyl (C=O) groups is 2. The molecule has 1 fully saturated rings. The van der Waals surface area contributed by atoms with Gasteiger partial charge in [0, 0.05) is 56.7 Å². The number of likely N-dealkylation sites (N-methyl/N-ethyl adjacent to an activating group) is 1. The molecule has 0 atom stereocenters. The fourth-order valence-corrected chi connectivity index (χ4v) is 3.18. The Bertz CT molecular complexity index is 866. The SMILES string of the molecule is COc1ncccc1CNC(=O)C(=O)Nc1ccc(OCCN2CCN(C)CC2)cc1. The van der Waals surface area contributed by atoms with Gasteiger partial charge in [0.2, 0.25) is 5.88 Å². The number of aromatic nitrogens is 1. The summed E-state index contributed by atoms with van der Waals surface area (Å²) >= 11 is 0. The molecule has 31 heavy (non-hydrogen) atoms. The topological polar surface area (TPSA) is 96.0 Å². The van der Waals surface area contributed by atoms with Gasteiger partial charge >= 0.3 is 11.8 Å². The summed E-state index contributed by atoms with van der Waals surface area (Å²) in [6.07, 6.45) is 1.59. The Hall–Kier alpha value is -3.17. The molecule has 9 nitrogen and oxygen atoms in total. The van der Waals surface area contributed by atoms with Crippen molar-refractivity contribution in [2.75, 3.05) is 58.8 Å². The third kappa shape index (κ3) is 6.94. The van der Waals surface area contributed by atoms with Crippen molar-refractivity contribution < 1.29 is 19.1 Å². The second-order valence-electron chi connectivity index (χ2n) is 7.33. The average Bonchev–Trinajstić information content (AvgIpc) is 2.80. The third-order valence-electron chi connectivity index (χ3n) is 5.07. The monoisotopic (exact) mass is 427 g/mol. The highest BCUT2D eigenvalue weighted by atomic mass is 16.5. The molecule has 9 heteroatoms. The van der Waals surface area contributed by atoms with E-state index in [2.05, 4.69) is 32.5 Å². The van der Waals surface area contributed by atoms with E-state index in [1.807, 2.05) is 0 Å². The molecule has 3 rings (SSSR count). The van der Waals surface area contributed by atoms with E-state index in [0.717, 1.165) is 38.5 Å². The molecule has 0 bridgehead atoms. The van der Waals surface area contributed by atoms with Crippen LogP contribution < -0.4 is 20.1 Å². The first-order valence-electron chi connectivity index (χ1n) is 10.3. The minimum Gasteiger partial charge on any atom is -0.492 e. The van der Waals surface area contributed by atoms with Gasteiger partial charge in [0.15, 0.2) is 0 Å². The molecule has 166 valence electrons. The van der Waals surface area contributed by atoms with Gasteiger partial charge in [-0.3, -0.25) is 14.5 Å². The van der Waals surface area contributed by atoms with Gasteiger partial charge in [-0.15, -0.1) is 0 Å². The molecule has 0 radical (unpaired) electrons. The zero-order valence-corrected chi connectivity index (χ0v) is 18.0. The van der Waals surface area contributed by atoms with E-state index in [1.165, 1.54) is 7.11 Å². The summed E-state index contributed by atoms with van der Waals surface area (Å²) < 4.78 is 10.9. The first-order valence-corrected chi connectivity index (χ1v) is 10.3. The molecule has 1 aliphatic rings. The van der Waals surface area contributed by atoms with Crippen LogP contribution in [0.3, 0.4) is 0 Å². The number of pyridine rings is 1. The number of methoxy groups -OCH3 is 1. The zero-order valence-electron chi connectivity index (χ0n) is 18.0. The molecule has 0 unspecified atom stereocenters. The Morgan fingerprint density at radius 3 is 2.52 bits per heavy atom. The van der Waals surface area contributed by atoms with Crippen LogP contribution in [-0.4, -0.2) is 80.1 Å². The molecule has 1 aliphatic heterocycles.